The highest BCUT2D eigenvalue weighted by atomic mass is 16.5. The Hall–Kier alpha value is -0.520. The second-order valence-corrected chi connectivity index (χ2v) is 5.31. The third-order valence-corrected chi connectivity index (χ3v) is 1.58. The van der Waals surface area contributed by atoms with Gasteiger partial charge in [-0.05, 0) is 0 Å². The van der Waals surface area contributed by atoms with E-state index in [4.69, 9.17) is 11.2 Å². The van der Waals surface area contributed by atoms with Gasteiger partial charge >= 0.3 is 0 Å². The highest BCUT2D eigenvalue weighted by Crippen LogP contribution is 2.18. The SMILES string of the molecule is C#CCOCC(C)(C)C[N+](C)(C)C. The van der Waals surface area contributed by atoms with E-state index in [1.807, 2.05) is 0 Å². The van der Waals surface area contributed by atoms with E-state index in [2.05, 4.69) is 40.9 Å². The quantitative estimate of drug-likeness (QED) is 0.356. The molecule has 0 N–H and O–H groups in total. The van der Waals surface area contributed by atoms with E-state index in [0.717, 1.165) is 17.6 Å². The summed E-state index contributed by atoms with van der Waals surface area (Å²) in [6, 6.07) is 0. The summed E-state index contributed by atoms with van der Waals surface area (Å²) in [6.45, 7) is 6.63. The Morgan fingerprint density at radius 2 is 1.85 bits per heavy atom. The fourth-order valence-corrected chi connectivity index (χ4v) is 1.72. The standard InChI is InChI=1S/C11H22NO/c1-7-8-13-10-11(2,3)9-12(4,5)6/h1H,8-10H2,2-6H3/q+1. The number of quaternary nitrogens is 1. The van der Waals surface area contributed by atoms with Gasteiger partial charge in [-0.25, -0.2) is 0 Å². The minimum Gasteiger partial charge on any atom is -0.368 e. The molecule has 0 aliphatic heterocycles. The molecule has 0 atom stereocenters. The van der Waals surface area contributed by atoms with Crippen molar-refractivity contribution in [3.63, 3.8) is 0 Å². The minimum atomic E-state index is 0.190. The van der Waals surface area contributed by atoms with Gasteiger partial charge in [-0.2, -0.15) is 0 Å². The Kier molecular flexibility index (Phi) is 4.46. The largest absolute Gasteiger partial charge is 0.368 e. The first-order valence-electron chi connectivity index (χ1n) is 4.58. The predicted molar refractivity (Wildman–Crippen MR) is 56.3 cm³/mol. The van der Waals surface area contributed by atoms with Crippen molar-refractivity contribution in [1.29, 1.82) is 0 Å². The van der Waals surface area contributed by atoms with Gasteiger partial charge in [-0.1, -0.05) is 19.8 Å². The van der Waals surface area contributed by atoms with Crippen molar-refractivity contribution in [2.45, 2.75) is 13.8 Å². The van der Waals surface area contributed by atoms with Crippen LogP contribution in [0.3, 0.4) is 0 Å². The van der Waals surface area contributed by atoms with E-state index in [9.17, 15) is 0 Å². The zero-order valence-corrected chi connectivity index (χ0v) is 9.55. The molecule has 0 aromatic rings. The van der Waals surface area contributed by atoms with Crippen molar-refractivity contribution in [2.24, 2.45) is 5.41 Å². The van der Waals surface area contributed by atoms with Crippen LogP contribution in [-0.2, 0) is 4.74 Å². The molecule has 0 fully saturated rings. The molecule has 0 spiro atoms. The Labute approximate surface area is 82.5 Å². The zero-order valence-electron chi connectivity index (χ0n) is 9.55. The van der Waals surface area contributed by atoms with E-state index < -0.39 is 0 Å². The molecule has 76 valence electrons. The third kappa shape index (κ3) is 7.83. The second kappa shape index (κ2) is 4.64. The van der Waals surface area contributed by atoms with E-state index in [0.29, 0.717) is 6.61 Å². The van der Waals surface area contributed by atoms with E-state index >= 15 is 0 Å². The van der Waals surface area contributed by atoms with Crippen LogP contribution in [0.15, 0.2) is 0 Å². The van der Waals surface area contributed by atoms with Gasteiger partial charge in [0, 0.05) is 5.41 Å². The maximum atomic E-state index is 5.35. The van der Waals surface area contributed by atoms with Crippen molar-refractivity contribution in [1.82, 2.24) is 0 Å². The number of ether oxygens (including phenoxy) is 1. The number of hydrogen-bond acceptors (Lipinski definition) is 1. The lowest BCUT2D eigenvalue weighted by molar-refractivity contribution is -0.877. The summed E-state index contributed by atoms with van der Waals surface area (Å²) >= 11 is 0. The molecule has 0 aliphatic rings. The van der Waals surface area contributed by atoms with Crippen LogP contribution in [0.5, 0.6) is 0 Å². The highest BCUT2D eigenvalue weighted by molar-refractivity contribution is 4.83. The minimum absolute atomic E-state index is 0.190. The van der Waals surface area contributed by atoms with Gasteiger partial charge in [-0.3, -0.25) is 0 Å². The molecule has 13 heavy (non-hydrogen) atoms. The summed E-state index contributed by atoms with van der Waals surface area (Å²) in [4.78, 5) is 0. The van der Waals surface area contributed by atoms with Crippen LogP contribution >= 0.6 is 0 Å². The molecule has 0 aromatic heterocycles. The number of rotatable bonds is 5. The summed E-state index contributed by atoms with van der Waals surface area (Å²) in [6.07, 6.45) is 5.11. The topological polar surface area (TPSA) is 9.23 Å². The van der Waals surface area contributed by atoms with Crippen molar-refractivity contribution in [3.05, 3.63) is 0 Å². The van der Waals surface area contributed by atoms with Crippen LogP contribution < -0.4 is 0 Å². The average Bonchev–Trinajstić information content (AvgIpc) is 1.81. The van der Waals surface area contributed by atoms with Crippen LogP contribution in [0.1, 0.15) is 13.8 Å². The van der Waals surface area contributed by atoms with E-state index in [-0.39, 0.29) is 5.41 Å². The molecule has 0 saturated heterocycles. The summed E-state index contributed by atoms with van der Waals surface area (Å²) in [5.41, 5.74) is 0.190. The van der Waals surface area contributed by atoms with Crippen LogP contribution in [0.25, 0.3) is 0 Å². The molecule has 0 heterocycles. The fourth-order valence-electron chi connectivity index (χ4n) is 1.72. The molecule has 2 nitrogen and oxygen atoms in total. The molecular weight excluding hydrogens is 162 g/mol. The van der Waals surface area contributed by atoms with Gasteiger partial charge in [-0.15, -0.1) is 6.42 Å². The first-order chi connectivity index (χ1) is 5.77. The number of terminal acetylenes is 1. The first-order valence-corrected chi connectivity index (χ1v) is 4.58. The van der Waals surface area contributed by atoms with Gasteiger partial charge < -0.3 is 9.22 Å². The maximum Gasteiger partial charge on any atom is 0.107 e. The average molecular weight is 184 g/mol. The van der Waals surface area contributed by atoms with Crippen molar-refractivity contribution < 1.29 is 9.22 Å². The molecule has 2 heteroatoms. The summed E-state index contributed by atoms with van der Waals surface area (Å²) in [5.74, 6) is 2.48. The fraction of sp³-hybridized carbons (Fsp3) is 0.818. The van der Waals surface area contributed by atoms with Crippen LogP contribution in [0, 0.1) is 17.8 Å². The number of nitrogens with zero attached hydrogens (tertiary/aromatic N) is 1. The zero-order chi connectivity index (χ0) is 10.5. The molecule has 0 rings (SSSR count). The van der Waals surface area contributed by atoms with Crippen molar-refractivity contribution >= 4 is 0 Å². The Bertz CT molecular complexity index is 183. The molecule has 0 unspecified atom stereocenters. The number of hydrogen-bond donors (Lipinski definition) is 0. The molecular formula is C11H22NO+. The van der Waals surface area contributed by atoms with Gasteiger partial charge in [0.2, 0.25) is 0 Å². The highest BCUT2D eigenvalue weighted by Gasteiger charge is 2.25. The monoisotopic (exact) mass is 184 g/mol. The molecule has 0 bridgehead atoms. The molecule has 0 saturated carbocycles. The molecule has 0 aliphatic carbocycles. The summed E-state index contributed by atoms with van der Waals surface area (Å²) < 4.78 is 6.30. The Balaban J connectivity index is 3.88. The smallest absolute Gasteiger partial charge is 0.107 e. The van der Waals surface area contributed by atoms with Crippen LogP contribution in [0.4, 0.5) is 0 Å². The van der Waals surface area contributed by atoms with E-state index in [1.165, 1.54) is 0 Å². The maximum absolute atomic E-state index is 5.35. The van der Waals surface area contributed by atoms with Gasteiger partial charge in [0.1, 0.15) is 6.61 Å². The molecule has 0 radical (unpaired) electrons. The van der Waals surface area contributed by atoms with Crippen molar-refractivity contribution in [2.75, 3.05) is 40.9 Å². The summed E-state index contributed by atoms with van der Waals surface area (Å²) in [7, 11) is 6.55. The normalized spacial score (nSPS) is 12.6. The second-order valence-electron chi connectivity index (χ2n) is 5.31. The predicted octanol–water partition coefficient (Wildman–Crippen LogP) is 1.37. The van der Waals surface area contributed by atoms with Crippen LogP contribution in [0.2, 0.25) is 0 Å². The third-order valence-electron chi connectivity index (χ3n) is 1.58. The molecule has 0 aromatic carbocycles. The Morgan fingerprint density at radius 3 is 2.23 bits per heavy atom. The van der Waals surface area contributed by atoms with E-state index in [1.54, 1.807) is 0 Å². The molecule has 0 amide bonds. The Morgan fingerprint density at radius 1 is 1.31 bits per heavy atom. The summed E-state index contributed by atoms with van der Waals surface area (Å²) in [5, 5.41) is 0. The lowest BCUT2D eigenvalue weighted by atomic mass is 9.93. The first kappa shape index (κ1) is 12.5. The van der Waals surface area contributed by atoms with Crippen molar-refractivity contribution in [3.8, 4) is 12.3 Å². The van der Waals surface area contributed by atoms with Gasteiger partial charge in [0.25, 0.3) is 0 Å². The van der Waals surface area contributed by atoms with Gasteiger partial charge in [0.05, 0.1) is 34.3 Å². The lowest BCUT2D eigenvalue weighted by Crippen LogP contribution is -2.44. The lowest BCUT2D eigenvalue weighted by Gasteiger charge is -2.33. The van der Waals surface area contributed by atoms with Gasteiger partial charge in [0.15, 0.2) is 0 Å². The van der Waals surface area contributed by atoms with Crippen LogP contribution in [-0.4, -0.2) is 45.4 Å².